The largest absolute Gasteiger partial charge is 0.507 e. The van der Waals surface area contributed by atoms with Crippen LogP contribution in [0.2, 0.25) is 0 Å². The van der Waals surface area contributed by atoms with Crippen molar-refractivity contribution in [2.24, 2.45) is 0 Å². The van der Waals surface area contributed by atoms with Crippen molar-refractivity contribution in [1.82, 2.24) is 5.32 Å². The number of benzene rings is 3. The Bertz CT molecular complexity index is 1060. The number of phenols is 1. The van der Waals surface area contributed by atoms with Crippen LogP contribution in [0.25, 0.3) is 10.8 Å². The van der Waals surface area contributed by atoms with Crippen LogP contribution in [0.5, 0.6) is 5.75 Å². The Morgan fingerprint density at radius 3 is 2.63 bits per heavy atom. The summed E-state index contributed by atoms with van der Waals surface area (Å²) in [5.41, 5.74) is 2.72. The first-order valence-electron chi connectivity index (χ1n) is 8.50. The van der Waals surface area contributed by atoms with Gasteiger partial charge in [0.2, 0.25) is 0 Å². The molecule has 0 unspecified atom stereocenters. The molecule has 0 radical (unpaired) electrons. The Balaban J connectivity index is 1.74. The minimum Gasteiger partial charge on any atom is -0.507 e. The van der Waals surface area contributed by atoms with Crippen molar-refractivity contribution in [2.45, 2.75) is 13.5 Å². The fraction of sp³-hybridized carbons (Fsp3) is 0.0909. The number of carbonyl (C=O) groups excluding carboxylic acids is 1. The number of nitrogens with zero attached hydrogens (tertiary/aromatic N) is 1. The third-order valence-corrected chi connectivity index (χ3v) is 4.15. The second-order valence-electron chi connectivity index (χ2n) is 6.17. The molecule has 0 aliphatic heterocycles. The molecule has 27 heavy (non-hydrogen) atoms. The number of hydrogen-bond donors (Lipinski definition) is 3. The van der Waals surface area contributed by atoms with Gasteiger partial charge >= 0.3 is 0 Å². The monoisotopic (exact) mass is 357 g/mol. The van der Waals surface area contributed by atoms with E-state index in [9.17, 15) is 15.2 Å². The molecular formula is C22H19N3O2. The number of phenolic OH excluding ortho intramolecular Hbond substituents is 1. The van der Waals surface area contributed by atoms with Crippen LogP contribution in [0.3, 0.4) is 0 Å². The molecular weight excluding hydrogens is 338 g/mol. The van der Waals surface area contributed by atoms with Crippen LogP contribution in [0.1, 0.15) is 11.1 Å². The third kappa shape index (κ3) is 4.25. The second-order valence-corrected chi connectivity index (χ2v) is 6.17. The molecule has 0 aromatic heterocycles. The number of aryl methyl sites for hydroxylation is 1. The van der Waals surface area contributed by atoms with Crippen LogP contribution in [0.15, 0.2) is 72.4 Å². The molecule has 134 valence electrons. The van der Waals surface area contributed by atoms with Gasteiger partial charge in [-0.3, -0.25) is 4.79 Å². The minimum absolute atomic E-state index is 0.0280. The van der Waals surface area contributed by atoms with Crippen LogP contribution in [0, 0.1) is 18.3 Å². The lowest BCUT2D eigenvalue weighted by atomic mass is 10.1. The maximum absolute atomic E-state index is 12.5. The highest BCUT2D eigenvalue weighted by Crippen LogP contribution is 2.29. The van der Waals surface area contributed by atoms with Gasteiger partial charge in [-0.05, 0) is 24.6 Å². The maximum atomic E-state index is 12.5. The first kappa shape index (κ1) is 18.0. The molecule has 0 spiro atoms. The van der Waals surface area contributed by atoms with Gasteiger partial charge in [-0.1, -0.05) is 54.1 Å². The Morgan fingerprint density at radius 1 is 1.11 bits per heavy atom. The lowest BCUT2D eigenvalue weighted by Gasteiger charge is -2.09. The van der Waals surface area contributed by atoms with Gasteiger partial charge in [0.05, 0.1) is 0 Å². The zero-order valence-electron chi connectivity index (χ0n) is 14.9. The molecule has 0 aliphatic rings. The highest BCUT2D eigenvalue weighted by molar-refractivity contribution is 6.11. The van der Waals surface area contributed by atoms with E-state index in [0.717, 1.165) is 11.1 Å². The summed E-state index contributed by atoms with van der Waals surface area (Å²) in [6, 6.07) is 20.2. The van der Waals surface area contributed by atoms with Crippen molar-refractivity contribution < 1.29 is 9.90 Å². The number of aromatic hydroxyl groups is 1. The zero-order chi connectivity index (χ0) is 19.2. The molecule has 3 aromatic rings. The SMILES string of the molecule is Cc1cccc(CN/C=C(/C#N)C(=O)Nc2cccc3c(O)cccc23)c1. The van der Waals surface area contributed by atoms with Crippen molar-refractivity contribution in [3.63, 3.8) is 0 Å². The standard InChI is InChI=1S/C22H19N3O2/c1-15-5-2-6-16(11-15)13-24-14-17(12-23)22(27)25-20-9-3-8-19-18(20)7-4-10-21(19)26/h2-11,14,24,26H,13H2,1H3,(H,25,27)/b17-14-. The molecule has 5 heteroatoms. The summed E-state index contributed by atoms with van der Waals surface area (Å²) in [4.78, 5) is 12.5. The van der Waals surface area contributed by atoms with Crippen LogP contribution < -0.4 is 10.6 Å². The molecule has 5 nitrogen and oxygen atoms in total. The molecule has 0 saturated heterocycles. The summed E-state index contributed by atoms with van der Waals surface area (Å²) >= 11 is 0. The second kappa shape index (κ2) is 8.07. The molecule has 0 bridgehead atoms. The summed E-state index contributed by atoms with van der Waals surface area (Å²) in [7, 11) is 0. The van der Waals surface area contributed by atoms with E-state index in [1.165, 1.54) is 6.20 Å². The Labute approximate surface area is 157 Å². The number of fused-ring (bicyclic) bond motifs is 1. The van der Waals surface area contributed by atoms with Gasteiger partial charge in [0.25, 0.3) is 5.91 Å². The van der Waals surface area contributed by atoms with Crippen LogP contribution in [-0.2, 0) is 11.3 Å². The van der Waals surface area contributed by atoms with Crippen molar-refractivity contribution in [3.05, 3.63) is 83.6 Å². The van der Waals surface area contributed by atoms with Crippen molar-refractivity contribution in [2.75, 3.05) is 5.32 Å². The quantitative estimate of drug-likeness (QED) is 0.476. The molecule has 0 atom stereocenters. The molecule has 0 heterocycles. The highest BCUT2D eigenvalue weighted by Gasteiger charge is 2.12. The molecule has 0 saturated carbocycles. The number of hydrogen-bond acceptors (Lipinski definition) is 4. The van der Waals surface area contributed by atoms with E-state index < -0.39 is 5.91 Å². The summed E-state index contributed by atoms with van der Waals surface area (Å²) in [5.74, 6) is -0.371. The number of amides is 1. The molecule has 3 N–H and O–H groups in total. The van der Waals surface area contributed by atoms with Crippen molar-refractivity contribution >= 4 is 22.4 Å². The van der Waals surface area contributed by atoms with Gasteiger partial charge in [0.15, 0.2) is 0 Å². The maximum Gasteiger partial charge on any atom is 0.267 e. The van der Waals surface area contributed by atoms with E-state index in [0.29, 0.717) is 23.0 Å². The molecule has 0 fully saturated rings. The Morgan fingerprint density at radius 2 is 1.85 bits per heavy atom. The summed E-state index contributed by atoms with van der Waals surface area (Å²) in [5, 5.41) is 26.3. The van der Waals surface area contributed by atoms with Gasteiger partial charge in [0.1, 0.15) is 17.4 Å². The van der Waals surface area contributed by atoms with Crippen LogP contribution >= 0.6 is 0 Å². The number of carbonyl (C=O) groups is 1. The topological polar surface area (TPSA) is 85.2 Å². The van der Waals surface area contributed by atoms with Crippen LogP contribution in [-0.4, -0.2) is 11.0 Å². The third-order valence-electron chi connectivity index (χ3n) is 4.15. The van der Waals surface area contributed by atoms with Gasteiger partial charge in [-0.15, -0.1) is 0 Å². The molecule has 3 aromatic carbocycles. The molecule has 0 aliphatic carbocycles. The average Bonchev–Trinajstić information content (AvgIpc) is 2.66. The van der Waals surface area contributed by atoms with E-state index in [-0.39, 0.29) is 11.3 Å². The van der Waals surface area contributed by atoms with E-state index in [4.69, 9.17) is 0 Å². The fourth-order valence-electron chi connectivity index (χ4n) is 2.83. The number of anilines is 1. The van der Waals surface area contributed by atoms with E-state index in [1.54, 1.807) is 36.4 Å². The lowest BCUT2D eigenvalue weighted by molar-refractivity contribution is -0.112. The van der Waals surface area contributed by atoms with E-state index in [1.807, 2.05) is 37.3 Å². The Kier molecular flexibility index (Phi) is 5.38. The van der Waals surface area contributed by atoms with Gasteiger partial charge in [-0.2, -0.15) is 5.26 Å². The normalized spacial score (nSPS) is 11.0. The van der Waals surface area contributed by atoms with Gasteiger partial charge in [-0.25, -0.2) is 0 Å². The predicted octanol–water partition coefficient (Wildman–Crippen LogP) is 3.99. The number of rotatable bonds is 5. The van der Waals surface area contributed by atoms with E-state index in [2.05, 4.69) is 10.6 Å². The van der Waals surface area contributed by atoms with Gasteiger partial charge in [0, 0.05) is 29.2 Å². The zero-order valence-corrected chi connectivity index (χ0v) is 14.9. The summed E-state index contributed by atoms with van der Waals surface area (Å²) in [6.45, 7) is 2.53. The first-order chi connectivity index (χ1) is 13.1. The average molecular weight is 357 g/mol. The van der Waals surface area contributed by atoms with E-state index >= 15 is 0 Å². The number of nitriles is 1. The molecule has 1 amide bonds. The fourth-order valence-corrected chi connectivity index (χ4v) is 2.83. The van der Waals surface area contributed by atoms with Crippen molar-refractivity contribution in [1.29, 1.82) is 5.26 Å². The number of nitrogens with one attached hydrogen (secondary N) is 2. The predicted molar refractivity (Wildman–Crippen MR) is 106 cm³/mol. The highest BCUT2D eigenvalue weighted by atomic mass is 16.3. The Hall–Kier alpha value is -3.78. The first-order valence-corrected chi connectivity index (χ1v) is 8.50. The smallest absolute Gasteiger partial charge is 0.267 e. The molecule has 3 rings (SSSR count). The van der Waals surface area contributed by atoms with Crippen LogP contribution in [0.4, 0.5) is 5.69 Å². The summed E-state index contributed by atoms with van der Waals surface area (Å²) in [6.07, 6.45) is 1.42. The summed E-state index contributed by atoms with van der Waals surface area (Å²) < 4.78 is 0. The van der Waals surface area contributed by atoms with Crippen molar-refractivity contribution in [3.8, 4) is 11.8 Å². The lowest BCUT2D eigenvalue weighted by Crippen LogP contribution is -2.16. The minimum atomic E-state index is -0.509. The van der Waals surface area contributed by atoms with Gasteiger partial charge < -0.3 is 15.7 Å².